The maximum absolute atomic E-state index is 12.6. The van der Waals surface area contributed by atoms with Gasteiger partial charge in [-0.2, -0.15) is 5.10 Å². The van der Waals surface area contributed by atoms with Crippen LogP contribution in [0.1, 0.15) is 61.0 Å². The fourth-order valence-electron chi connectivity index (χ4n) is 6.31. The molecular weight excluding hydrogens is 486 g/mol. The lowest BCUT2D eigenvalue weighted by Crippen LogP contribution is -2.61. The van der Waals surface area contributed by atoms with Crippen LogP contribution in [0.3, 0.4) is 0 Å². The third-order valence-electron chi connectivity index (χ3n) is 7.93. The fourth-order valence-corrected chi connectivity index (χ4v) is 6.31. The van der Waals surface area contributed by atoms with Crippen molar-refractivity contribution in [3.8, 4) is 0 Å². The van der Waals surface area contributed by atoms with Gasteiger partial charge in [0.05, 0.1) is 24.8 Å². The predicted molar refractivity (Wildman–Crippen MR) is 141 cm³/mol. The Hall–Kier alpha value is -3.73. The number of methoxy groups -OCH3 is 1. The summed E-state index contributed by atoms with van der Waals surface area (Å²) < 4.78 is 10.3. The highest BCUT2D eigenvalue weighted by molar-refractivity contribution is 5.98. The van der Waals surface area contributed by atoms with Crippen LogP contribution >= 0.6 is 0 Å². The van der Waals surface area contributed by atoms with Gasteiger partial charge in [-0.1, -0.05) is 6.42 Å². The molecule has 2 bridgehead atoms. The molecule has 3 fully saturated rings. The van der Waals surface area contributed by atoms with E-state index in [2.05, 4.69) is 30.7 Å². The summed E-state index contributed by atoms with van der Waals surface area (Å²) in [6.07, 6.45) is 8.45. The van der Waals surface area contributed by atoms with Crippen LogP contribution in [0.4, 0.5) is 17.5 Å². The number of anilines is 3. The van der Waals surface area contributed by atoms with E-state index in [-0.39, 0.29) is 18.1 Å². The number of carbonyl (C=O) groups is 2. The average molecular weight is 520 g/mol. The average Bonchev–Trinajstić information content (AvgIpc) is 3.32. The third-order valence-corrected chi connectivity index (χ3v) is 7.93. The second-order valence-electron chi connectivity index (χ2n) is 10.5. The Morgan fingerprint density at radius 3 is 2.66 bits per heavy atom. The van der Waals surface area contributed by atoms with Crippen molar-refractivity contribution in [3.63, 3.8) is 0 Å². The second-order valence-corrected chi connectivity index (χ2v) is 10.5. The quantitative estimate of drug-likeness (QED) is 0.414. The van der Waals surface area contributed by atoms with E-state index in [4.69, 9.17) is 14.5 Å². The highest BCUT2D eigenvalue weighted by Crippen LogP contribution is 2.39. The Labute approximate surface area is 220 Å². The number of rotatable bonds is 6. The second kappa shape index (κ2) is 10.2. The number of nitrogens with one attached hydrogen (secondary N) is 3. The molecule has 0 saturated carbocycles. The van der Waals surface area contributed by atoms with Crippen LogP contribution in [0.25, 0.3) is 10.9 Å². The summed E-state index contributed by atoms with van der Waals surface area (Å²) in [5, 5.41) is 14.9. The van der Waals surface area contributed by atoms with Crippen molar-refractivity contribution in [2.45, 2.75) is 76.0 Å². The summed E-state index contributed by atoms with van der Waals surface area (Å²) in [6, 6.07) is 6.20. The highest BCUT2D eigenvalue weighted by Gasteiger charge is 2.45. The normalized spacial score (nSPS) is 25.6. The van der Waals surface area contributed by atoms with Gasteiger partial charge in [-0.3, -0.25) is 19.8 Å². The minimum Gasteiger partial charge on any atom is -0.465 e. The molecule has 3 aliphatic heterocycles. The van der Waals surface area contributed by atoms with Crippen molar-refractivity contribution >= 4 is 40.3 Å². The molecule has 3 aromatic rings. The minimum atomic E-state index is -0.443. The number of nitrogens with zero attached hydrogens (tertiary/aromatic N) is 4. The van der Waals surface area contributed by atoms with Crippen molar-refractivity contribution in [3.05, 3.63) is 35.7 Å². The minimum absolute atomic E-state index is 0.0685. The fraction of sp³-hybridized carbons (Fsp3) is 0.519. The number of piperidine rings is 2. The molecule has 11 nitrogen and oxygen atoms in total. The largest absolute Gasteiger partial charge is 0.465 e. The first-order valence-corrected chi connectivity index (χ1v) is 13.4. The monoisotopic (exact) mass is 519 g/mol. The first-order valence-electron chi connectivity index (χ1n) is 13.4. The van der Waals surface area contributed by atoms with Gasteiger partial charge in [0.2, 0.25) is 0 Å². The molecule has 0 spiro atoms. The number of esters is 2. The van der Waals surface area contributed by atoms with Gasteiger partial charge in [0, 0.05) is 47.5 Å². The summed E-state index contributed by atoms with van der Waals surface area (Å²) in [4.78, 5) is 36.7. The molecule has 3 aliphatic rings. The first kappa shape index (κ1) is 24.6. The molecular formula is C27H33N7O4. The smallest absolute Gasteiger partial charge is 0.339 e. The van der Waals surface area contributed by atoms with Crippen LogP contribution in [-0.4, -0.2) is 74.9 Å². The zero-order valence-electron chi connectivity index (χ0n) is 21.7. The number of ether oxygens (including phenoxy) is 2. The van der Waals surface area contributed by atoms with Crippen LogP contribution in [0, 0.1) is 6.92 Å². The van der Waals surface area contributed by atoms with E-state index < -0.39 is 5.97 Å². The number of fused-ring (bicyclic) bond motifs is 3. The van der Waals surface area contributed by atoms with Crippen LogP contribution in [0.2, 0.25) is 0 Å². The lowest BCUT2D eigenvalue weighted by molar-refractivity contribution is -0.160. The Morgan fingerprint density at radius 2 is 1.95 bits per heavy atom. The van der Waals surface area contributed by atoms with Crippen LogP contribution in [0.5, 0.6) is 0 Å². The highest BCUT2D eigenvalue weighted by atomic mass is 16.5. The lowest BCUT2D eigenvalue weighted by Gasteiger charge is -2.52. The molecule has 4 atom stereocenters. The van der Waals surface area contributed by atoms with Crippen molar-refractivity contribution in [2.24, 2.45) is 0 Å². The molecule has 0 aromatic carbocycles. The number of carbonyl (C=O) groups excluding carboxylic acids is 2. The van der Waals surface area contributed by atoms with E-state index in [1.165, 1.54) is 19.7 Å². The molecule has 0 aliphatic carbocycles. The Balaban J connectivity index is 1.30. The molecule has 2 unspecified atom stereocenters. The van der Waals surface area contributed by atoms with E-state index in [9.17, 15) is 9.59 Å². The van der Waals surface area contributed by atoms with E-state index in [0.717, 1.165) is 49.6 Å². The summed E-state index contributed by atoms with van der Waals surface area (Å²) in [5.74, 6) is 1.41. The standard InChI is InChI=1S/C27H33N7O4/c1-15-9-24(33-32-15)30-23-13-21-20(10-16(14-28-21)26(35)37-2)25(31-23)29-17-11-18-5-3-6-19(12-17)34(18)22-7-4-8-38-27(22)36/h9-10,13-14,17-19,22H,3-8,11-12H2,1-2H3,(H3,29,30,31,32,33)/t17?,18-,19+,22?. The Bertz CT molecular complexity index is 1340. The summed E-state index contributed by atoms with van der Waals surface area (Å²) in [6.45, 7) is 2.47. The molecule has 6 heterocycles. The number of H-pyrrole nitrogens is 1. The van der Waals surface area contributed by atoms with Crippen molar-refractivity contribution in [1.29, 1.82) is 0 Å². The number of hydrogen-bond donors (Lipinski definition) is 3. The maximum Gasteiger partial charge on any atom is 0.339 e. The van der Waals surface area contributed by atoms with Crippen molar-refractivity contribution < 1.29 is 19.1 Å². The van der Waals surface area contributed by atoms with E-state index >= 15 is 0 Å². The summed E-state index contributed by atoms with van der Waals surface area (Å²) in [7, 11) is 1.36. The Morgan fingerprint density at radius 1 is 1.13 bits per heavy atom. The van der Waals surface area contributed by atoms with Gasteiger partial charge in [0.25, 0.3) is 0 Å². The van der Waals surface area contributed by atoms with Crippen molar-refractivity contribution in [2.75, 3.05) is 24.4 Å². The number of aromatic amines is 1. The van der Waals surface area contributed by atoms with Gasteiger partial charge in [-0.05, 0) is 51.5 Å². The molecule has 0 radical (unpaired) electrons. The van der Waals surface area contributed by atoms with Gasteiger partial charge in [-0.25, -0.2) is 9.78 Å². The molecule has 11 heteroatoms. The van der Waals surface area contributed by atoms with Crippen molar-refractivity contribution in [1.82, 2.24) is 25.1 Å². The van der Waals surface area contributed by atoms with E-state index in [0.29, 0.717) is 47.2 Å². The molecule has 3 aromatic heterocycles. The molecule has 6 rings (SSSR count). The van der Waals surface area contributed by atoms with Gasteiger partial charge < -0.3 is 20.1 Å². The van der Waals surface area contributed by atoms with Gasteiger partial charge in [0.15, 0.2) is 5.82 Å². The third kappa shape index (κ3) is 4.78. The molecule has 38 heavy (non-hydrogen) atoms. The van der Waals surface area contributed by atoms with Gasteiger partial charge in [-0.15, -0.1) is 0 Å². The summed E-state index contributed by atoms with van der Waals surface area (Å²) in [5.41, 5.74) is 2.01. The van der Waals surface area contributed by atoms with Gasteiger partial charge >= 0.3 is 11.9 Å². The number of hydrogen-bond acceptors (Lipinski definition) is 10. The van der Waals surface area contributed by atoms with Crippen LogP contribution in [-0.2, 0) is 14.3 Å². The van der Waals surface area contributed by atoms with E-state index in [1.54, 1.807) is 6.07 Å². The maximum atomic E-state index is 12.6. The van der Waals surface area contributed by atoms with E-state index in [1.807, 2.05) is 19.1 Å². The number of pyridine rings is 2. The van der Waals surface area contributed by atoms with Crippen LogP contribution in [0.15, 0.2) is 24.4 Å². The molecule has 3 N–H and O–H groups in total. The number of cyclic esters (lactones) is 1. The number of aromatic nitrogens is 4. The lowest BCUT2D eigenvalue weighted by atomic mass is 9.80. The molecule has 200 valence electrons. The van der Waals surface area contributed by atoms with Gasteiger partial charge in [0.1, 0.15) is 17.7 Å². The summed E-state index contributed by atoms with van der Waals surface area (Å²) >= 11 is 0. The zero-order chi connectivity index (χ0) is 26.2. The zero-order valence-corrected chi connectivity index (χ0v) is 21.7. The predicted octanol–water partition coefficient (Wildman–Crippen LogP) is 3.69. The van der Waals surface area contributed by atoms with Crippen LogP contribution < -0.4 is 10.6 Å². The number of aryl methyl sites for hydroxylation is 1. The Kier molecular flexibility index (Phi) is 6.61. The topological polar surface area (TPSA) is 134 Å². The SMILES string of the molecule is COC(=O)c1cnc2cc(Nc3cc(C)[nH]n3)nc(NC3C[C@H]4CCC[C@@H](C3)N4C3CCCOC3=O)c2c1. The molecule has 0 amide bonds. The molecule has 3 saturated heterocycles. The first-order chi connectivity index (χ1) is 18.5.